The minimum Gasteiger partial charge on any atom is -0.390 e. The number of aliphatic hydroxyl groups excluding tert-OH is 1. The van der Waals surface area contributed by atoms with Gasteiger partial charge < -0.3 is 10.4 Å². The molecule has 2 rings (SSSR count). The lowest BCUT2D eigenvalue weighted by atomic mass is 10.2. The van der Waals surface area contributed by atoms with Crippen molar-refractivity contribution in [1.82, 2.24) is 9.78 Å². The smallest absolute Gasteiger partial charge is 0.0847 e. The maximum atomic E-state index is 9.40. The largest absolute Gasteiger partial charge is 0.390 e. The second-order valence-corrected chi connectivity index (χ2v) is 4.99. The lowest BCUT2D eigenvalue weighted by molar-refractivity contribution is 0.211. The quantitative estimate of drug-likeness (QED) is 0.806. The standard InChI is InChI=1S/C13H15Cl2N3O/c14-5-13(19)7-16-12-3-1-2-10(4-12)8-18-9-11(15)6-17-18/h1-4,6,9,13,16,19H,5,7-8H2. The molecule has 1 atom stereocenters. The molecule has 0 radical (unpaired) electrons. The van der Waals surface area contributed by atoms with Crippen LogP contribution < -0.4 is 5.32 Å². The summed E-state index contributed by atoms with van der Waals surface area (Å²) >= 11 is 11.4. The van der Waals surface area contributed by atoms with Crippen LogP contribution in [0.1, 0.15) is 5.56 Å². The van der Waals surface area contributed by atoms with E-state index < -0.39 is 6.10 Å². The average molecular weight is 300 g/mol. The van der Waals surface area contributed by atoms with Gasteiger partial charge in [0.05, 0.1) is 29.7 Å². The number of benzene rings is 1. The van der Waals surface area contributed by atoms with E-state index in [0.717, 1.165) is 11.3 Å². The van der Waals surface area contributed by atoms with Crippen molar-refractivity contribution < 1.29 is 5.11 Å². The van der Waals surface area contributed by atoms with Crippen molar-refractivity contribution >= 4 is 28.9 Å². The van der Waals surface area contributed by atoms with Gasteiger partial charge >= 0.3 is 0 Å². The van der Waals surface area contributed by atoms with E-state index in [1.165, 1.54) is 0 Å². The summed E-state index contributed by atoms with van der Waals surface area (Å²) in [5, 5.41) is 17.3. The molecule has 2 N–H and O–H groups in total. The molecule has 2 aromatic rings. The predicted octanol–water partition coefficient (Wildman–Crippen LogP) is 2.60. The molecule has 0 bridgehead atoms. The Kier molecular flexibility index (Phi) is 5.07. The van der Waals surface area contributed by atoms with Gasteiger partial charge in [-0.2, -0.15) is 5.10 Å². The van der Waals surface area contributed by atoms with Gasteiger partial charge in [0.2, 0.25) is 0 Å². The molecule has 19 heavy (non-hydrogen) atoms. The number of aliphatic hydroxyl groups is 1. The Bertz CT molecular complexity index is 530. The predicted molar refractivity (Wildman–Crippen MR) is 78.0 cm³/mol. The highest BCUT2D eigenvalue weighted by atomic mass is 35.5. The first kappa shape index (κ1) is 14.2. The zero-order valence-electron chi connectivity index (χ0n) is 10.3. The van der Waals surface area contributed by atoms with E-state index in [0.29, 0.717) is 18.1 Å². The highest BCUT2D eigenvalue weighted by molar-refractivity contribution is 6.30. The highest BCUT2D eigenvalue weighted by Crippen LogP contribution is 2.13. The third-order valence-electron chi connectivity index (χ3n) is 2.59. The summed E-state index contributed by atoms with van der Waals surface area (Å²) in [7, 11) is 0. The van der Waals surface area contributed by atoms with Crippen molar-refractivity contribution in [2.45, 2.75) is 12.6 Å². The molecule has 0 spiro atoms. The number of anilines is 1. The van der Waals surface area contributed by atoms with Crippen LogP contribution in [0.3, 0.4) is 0 Å². The number of rotatable bonds is 6. The molecule has 0 aliphatic carbocycles. The Labute approximate surface area is 122 Å². The Morgan fingerprint density at radius 1 is 1.42 bits per heavy atom. The maximum absolute atomic E-state index is 9.40. The first-order chi connectivity index (χ1) is 9.17. The summed E-state index contributed by atoms with van der Waals surface area (Å²) in [5.74, 6) is 0.221. The van der Waals surface area contributed by atoms with Crippen molar-refractivity contribution in [3.8, 4) is 0 Å². The normalized spacial score (nSPS) is 12.4. The van der Waals surface area contributed by atoms with Crippen molar-refractivity contribution in [1.29, 1.82) is 0 Å². The molecule has 0 saturated heterocycles. The molecule has 0 aliphatic heterocycles. The first-order valence-electron chi connectivity index (χ1n) is 5.92. The van der Waals surface area contributed by atoms with Crippen LogP contribution in [-0.2, 0) is 6.54 Å². The van der Waals surface area contributed by atoms with E-state index in [9.17, 15) is 5.11 Å². The number of halogens is 2. The van der Waals surface area contributed by atoms with Gasteiger partial charge in [0.1, 0.15) is 0 Å². The Balaban J connectivity index is 1.98. The van der Waals surface area contributed by atoms with Crippen LogP contribution in [0.4, 0.5) is 5.69 Å². The Hall–Kier alpha value is -1.23. The monoisotopic (exact) mass is 299 g/mol. The average Bonchev–Trinajstić information content (AvgIpc) is 2.82. The van der Waals surface area contributed by atoms with Crippen molar-refractivity contribution in [3.63, 3.8) is 0 Å². The lowest BCUT2D eigenvalue weighted by Gasteiger charge is -2.11. The molecule has 0 fully saturated rings. The van der Waals surface area contributed by atoms with E-state index >= 15 is 0 Å². The third kappa shape index (κ3) is 4.42. The summed E-state index contributed by atoms with van der Waals surface area (Å²) in [6.07, 6.45) is 2.84. The molecule has 0 aliphatic rings. The second-order valence-electron chi connectivity index (χ2n) is 4.25. The van der Waals surface area contributed by atoms with Crippen LogP contribution in [0.15, 0.2) is 36.7 Å². The molecule has 4 nitrogen and oxygen atoms in total. The van der Waals surface area contributed by atoms with Crippen molar-refractivity contribution in [3.05, 3.63) is 47.2 Å². The molecule has 1 heterocycles. The molecular weight excluding hydrogens is 285 g/mol. The van der Waals surface area contributed by atoms with Gasteiger partial charge in [0.25, 0.3) is 0 Å². The van der Waals surface area contributed by atoms with Crippen LogP contribution in [0.25, 0.3) is 0 Å². The number of aromatic nitrogens is 2. The molecule has 6 heteroatoms. The number of nitrogens with one attached hydrogen (secondary N) is 1. The van der Waals surface area contributed by atoms with Crippen LogP contribution in [0.5, 0.6) is 0 Å². The van der Waals surface area contributed by atoms with Crippen LogP contribution in [-0.4, -0.2) is 33.4 Å². The van der Waals surface area contributed by atoms with Gasteiger partial charge in [-0.3, -0.25) is 4.68 Å². The fourth-order valence-electron chi connectivity index (χ4n) is 1.68. The number of hydrogen-bond donors (Lipinski definition) is 2. The maximum Gasteiger partial charge on any atom is 0.0847 e. The van der Waals surface area contributed by atoms with E-state index in [1.54, 1.807) is 17.1 Å². The van der Waals surface area contributed by atoms with Crippen LogP contribution in [0.2, 0.25) is 5.02 Å². The topological polar surface area (TPSA) is 50.1 Å². The molecule has 1 aromatic carbocycles. The zero-order valence-corrected chi connectivity index (χ0v) is 11.8. The van der Waals surface area contributed by atoms with Crippen LogP contribution in [0, 0.1) is 0 Å². The lowest BCUT2D eigenvalue weighted by Crippen LogP contribution is -2.20. The number of hydrogen-bond acceptors (Lipinski definition) is 3. The van der Waals surface area contributed by atoms with Crippen molar-refractivity contribution in [2.75, 3.05) is 17.7 Å². The van der Waals surface area contributed by atoms with Gasteiger partial charge in [-0.15, -0.1) is 11.6 Å². The molecule has 1 aromatic heterocycles. The third-order valence-corrected chi connectivity index (χ3v) is 3.14. The Morgan fingerprint density at radius 2 is 2.26 bits per heavy atom. The first-order valence-corrected chi connectivity index (χ1v) is 6.83. The molecule has 1 unspecified atom stereocenters. The van der Waals surface area contributed by atoms with E-state index in [1.807, 2.05) is 24.3 Å². The van der Waals surface area contributed by atoms with E-state index in [-0.39, 0.29) is 5.88 Å². The minimum atomic E-state index is -0.546. The number of nitrogens with zero attached hydrogens (tertiary/aromatic N) is 2. The fraction of sp³-hybridized carbons (Fsp3) is 0.308. The molecular formula is C13H15Cl2N3O. The molecule has 0 saturated carbocycles. The SMILES string of the molecule is OC(CCl)CNc1cccc(Cn2cc(Cl)cn2)c1. The summed E-state index contributed by atoms with van der Waals surface area (Å²) in [6, 6.07) is 7.92. The van der Waals surface area contributed by atoms with Crippen LogP contribution >= 0.6 is 23.2 Å². The summed E-state index contributed by atoms with van der Waals surface area (Å²) in [4.78, 5) is 0. The number of alkyl halides is 1. The molecule has 102 valence electrons. The highest BCUT2D eigenvalue weighted by Gasteiger charge is 2.03. The van der Waals surface area contributed by atoms with Gasteiger partial charge in [-0.05, 0) is 17.7 Å². The van der Waals surface area contributed by atoms with Gasteiger partial charge in [-0.25, -0.2) is 0 Å². The van der Waals surface area contributed by atoms with E-state index in [2.05, 4.69) is 10.4 Å². The minimum absolute atomic E-state index is 0.221. The van der Waals surface area contributed by atoms with Gasteiger partial charge in [-0.1, -0.05) is 23.7 Å². The summed E-state index contributed by atoms with van der Waals surface area (Å²) < 4.78 is 1.77. The summed E-state index contributed by atoms with van der Waals surface area (Å²) in [6.45, 7) is 1.08. The fourth-order valence-corrected chi connectivity index (χ4v) is 1.95. The van der Waals surface area contributed by atoms with Gasteiger partial charge in [0, 0.05) is 18.4 Å². The van der Waals surface area contributed by atoms with E-state index in [4.69, 9.17) is 23.2 Å². The summed E-state index contributed by atoms with van der Waals surface area (Å²) in [5.41, 5.74) is 2.05. The van der Waals surface area contributed by atoms with Gasteiger partial charge in [0.15, 0.2) is 0 Å². The second kappa shape index (κ2) is 6.80. The van der Waals surface area contributed by atoms with Crippen molar-refractivity contribution in [2.24, 2.45) is 0 Å². The Morgan fingerprint density at radius 3 is 2.95 bits per heavy atom. The zero-order chi connectivity index (χ0) is 13.7. The molecule has 0 amide bonds.